The van der Waals surface area contributed by atoms with E-state index in [1.54, 1.807) is 17.0 Å². The summed E-state index contributed by atoms with van der Waals surface area (Å²) in [4.78, 5) is 26.6. The van der Waals surface area contributed by atoms with E-state index in [0.29, 0.717) is 24.6 Å². The number of benzene rings is 1. The summed E-state index contributed by atoms with van der Waals surface area (Å²) in [7, 11) is 1.48. The van der Waals surface area contributed by atoms with Gasteiger partial charge >= 0.3 is 0 Å². The first kappa shape index (κ1) is 17.8. The van der Waals surface area contributed by atoms with E-state index in [-0.39, 0.29) is 11.7 Å². The molecule has 2 rings (SSSR count). The molecule has 1 aromatic carbocycles. The molecule has 1 amide bonds. The number of hydrogen-bond acceptors (Lipinski definition) is 5. The molecule has 1 aromatic rings. The summed E-state index contributed by atoms with van der Waals surface area (Å²) in [5.74, 6) is -1.32. The number of hydrogen-bond donors (Lipinski definition) is 0. The second-order valence-corrected chi connectivity index (χ2v) is 5.99. The van der Waals surface area contributed by atoms with E-state index in [4.69, 9.17) is 9.47 Å². The van der Waals surface area contributed by atoms with Gasteiger partial charge in [0.05, 0.1) is 19.3 Å². The van der Waals surface area contributed by atoms with Crippen LogP contribution >= 0.6 is 0 Å². The Labute approximate surface area is 142 Å². The molecule has 0 N–H and O–H groups in total. The van der Waals surface area contributed by atoms with E-state index in [1.165, 1.54) is 13.2 Å². The zero-order chi connectivity index (χ0) is 17.7. The molecule has 128 valence electrons. The van der Waals surface area contributed by atoms with E-state index in [9.17, 15) is 14.9 Å². The van der Waals surface area contributed by atoms with E-state index >= 15 is 0 Å². The van der Waals surface area contributed by atoms with Crippen molar-refractivity contribution in [2.45, 2.75) is 32.8 Å². The van der Waals surface area contributed by atoms with Crippen LogP contribution < -0.4 is 9.47 Å². The average Bonchev–Trinajstić information content (AvgIpc) is 3.09. The van der Waals surface area contributed by atoms with Crippen LogP contribution in [0, 0.1) is 17.2 Å². The number of nitrogens with zero attached hydrogens (tertiary/aromatic N) is 2. The topological polar surface area (TPSA) is 79.6 Å². The molecule has 0 saturated carbocycles. The lowest BCUT2D eigenvalue weighted by Gasteiger charge is -2.18. The fourth-order valence-corrected chi connectivity index (χ4v) is 2.68. The van der Waals surface area contributed by atoms with Crippen LogP contribution in [-0.2, 0) is 4.79 Å². The molecular weight excluding hydrogens is 308 g/mol. The minimum atomic E-state index is -1.32. The Balaban J connectivity index is 2.24. The molecule has 1 atom stereocenters. The van der Waals surface area contributed by atoms with Gasteiger partial charge < -0.3 is 14.4 Å². The van der Waals surface area contributed by atoms with Crippen molar-refractivity contribution in [1.29, 1.82) is 5.26 Å². The number of ether oxygens (including phenoxy) is 2. The molecule has 6 heteroatoms. The highest BCUT2D eigenvalue weighted by Crippen LogP contribution is 2.30. The van der Waals surface area contributed by atoms with E-state index in [2.05, 4.69) is 0 Å². The lowest BCUT2D eigenvalue weighted by atomic mass is 9.97. The van der Waals surface area contributed by atoms with E-state index < -0.39 is 17.6 Å². The Morgan fingerprint density at radius 2 is 1.88 bits per heavy atom. The van der Waals surface area contributed by atoms with Crippen molar-refractivity contribution in [3.05, 3.63) is 23.8 Å². The van der Waals surface area contributed by atoms with Crippen molar-refractivity contribution in [3.63, 3.8) is 0 Å². The van der Waals surface area contributed by atoms with Gasteiger partial charge in [0.25, 0.3) is 0 Å². The Bertz CT molecular complexity index is 657. The molecule has 1 heterocycles. The third-order valence-corrected chi connectivity index (χ3v) is 3.87. The lowest BCUT2D eigenvalue weighted by Crippen LogP contribution is -2.37. The van der Waals surface area contributed by atoms with Crippen molar-refractivity contribution in [2.24, 2.45) is 5.92 Å². The molecule has 1 aliphatic heterocycles. The van der Waals surface area contributed by atoms with Crippen LogP contribution in [0.3, 0.4) is 0 Å². The van der Waals surface area contributed by atoms with Crippen LogP contribution in [-0.4, -0.2) is 42.9 Å². The Morgan fingerprint density at radius 1 is 1.21 bits per heavy atom. The molecule has 0 aliphatic carbocycles. The molecule has 0 radical (unpaired) electrons. The van der Waals surface area contributed by atoms with Crippen LogP contribution in [0.1, 0.15) is 37.0 Å². The average molecular weight is 330 g/mol. The Morgan fingerprint density at radius 3 is 2.42 bits per heavy atom. The summed E-state index contributed by atoms with van der Waals surface area (Å²) < 4.78 is 10.9. The Hall–Kier alpha value is -2.55. The molecular formula is C18H22N2O4. The number of nitriles is 1. The van der Waals surface area contributed by atoms with Crippen LogP contribution in [0.15, 0.2) is 18.2 Å². The van der Waals surface area contributed by atoms with Crippen molar-refractivity contribution < 1.29 is 19.1 Å². The number of carbonyl (C=O) groups is 2. The molecule has 0 bridgehead atoms. The van der Waals surface area contributed by atoms with Gasteiger partial charge in [0.15, 0.2) is 23.2 Å². The van der Waals surface area contributed by atoms with Gasteiger partial charge in [-0.15, -0.1) is 0 Å². The second kappa shape index (κ2) is 7.82. The molecule has 0 spiro atoms. The number of Topliss-reactive ketones (excluding diaryl/α,β-unsaturated/α-hetero) is 1. The second-order valence-electron chi connectivity index (χ2n) is 5.99. The maximum absolute atomic E-state index is 12.6. The molecule has 0 unspecified atom stereocenters. The molecule has 6 nitrogen and oxygen atoms in total. The van der Waals surface area contributed by atoms with Gasteiger partial charge in [-0.2, -0.15) is 5.26 Å². The summed E-state index contributed by atoms with van der Waals surface area (Å²) >= 11 is 0. The highest BCUT2D eigenvalue weighted by atomic mass is 16.5. The summed E-state index contributed by atoms with van der Waals surface area (Å²) in [6.07, 6.45) is 1.78. The number of rotatable bonds is 6. The van der Waals surface area contributed by atoms with Crippen molar-refractivity contribution in [2.75, 3.05) is 20.2 Å². The van der Waals surface area contributed by atoms with Gasteiger partial charge in [-0.1, -0.05) is 0 Å². The largest absolute Gasteiger partial charge is 0.493 e. The van der Waals surface area contributed by atoms with E-state index in [0.717, 1.165) is 12.8 Å². The zero-order valence-electron chi connectivity index (χ0n) is 14.2. The normalized spacial score (nSPS) is 15.0. The van der Waals surface area contributed by atoms with E-state index in [1.807, 2.05) is 19.9 Å². The van der Waals surface area contributed by atoms with Crippen LogP contribution in [0.2, 0.25) is 0 Å². The molecule has 24 heavy (non-hydrogen) atoms. The first-order valence-corrected chi connectivity index (χ1v) is 8.05. The van der Waals surface area contributed by atoms with Gasteiger partial charge in [-0.25, -0.2) is 0 Å². The maximum atomic E-state index is 12.6. The predicted octanol–water partition coefficient (Wildman–Crippen LogP) is 2.43. The number of likely N-dealkylation sites (tertiary alicyclic amines) is 1. The summed E-state index contributed by atoms with van der Waals surface area (Å²) in [5.41, 5.74) is 0.266. The molecule has 0 aromatic heterocycles. The van der Waals surface area contributed by atoms with Crippen molar-refractivity contribution >= 4 is 11.7 Å². The fraction of sp³-hybridized carbons (Fsp3) is 0.500. The van der Waals surface area contributed by atoms with Crippen LogP contribution in [0.25, 0.3) is 0 Å². The third-order valence-electron chi connectivity index (χ3n) is 3.87. The van der Waals surface area contributed by atoms with Crippen LogP contribution in [0.4, 0.5) is 0 Å². The van der Waals surface area contributed by atoms with Crippen molar-refractivity contribution in [1.82, 2.24) is 4.90 Å². The SMILES string of the molecule is COc1cc(C(=O)[C@H](C#N)C(=O)N2CCCC2)ccc1OC(C)C. The quantitative estimate of drug-likeness (QED) is 0.591. The number of methoxy groups -OCH3 is 1. The minimum Gasteiger partial charge on any atom is -0.493 e. The fourth-order valence-electron chi connectivity index (χ4n) is 2.68. The molecule has 1 fully saturated rings. The highest BCUT2D eigenvalue weighted by Gasteiger charge is 2.33. The minimum absolute atomic E-state index is 0.0379. The number of carbonyl (C=O) groups excluding carboxylic acids is 2. The molecule has 1 aliphatic rings. The summed E-state index contributed by atoms with van der Waals surface area (Å²) in [5, 5.41) is 9.31. The van der Waals surface area contributed by atoms with Gasteiger partial charge in [-0.3, -0.25) is 9.59 Å². The molecule has 1 saturated heterocycles. The number of ketones is 1. The lowest BCUT2D eigenvalue weighted by molar-refractivity contribution is -0.131. The monoisotopic (exact) mass is 330 g/mol. The summed E-state index contributed by atoms with van der Waals surface area (Å²) in [6.45, 7) is 4.99. The Kier molecular flexibility index (Phi) is 5.80. The van der Waals surface area contributed by atoms with Gasteiger partial charge in [-0.05, 0) is 44.9 Å². The summed E-state index contributed by atoms with van der Waals surface area (Å²) in [6, 6.07) is 6.55. The zero-order valence-corrected chi connectivity index (χ0v) is 14.2. The first-order valence-electron chi connectivity index (χ1n) is 8.05. The van der Waals surface area contributed by atoms with Gasteiger partial charge in [0, 0.05) is 18.7 Å². The standard InChI is InChI=1S/C18H22N2O4/c1-12(2)24-15-7-6-13(10-16(15)23-3)17(21)14(11-19)18(22)20-8-4-5-9-20/h6-7,10,12,14H,4-5,8-9H2,1-3H3/t14-/m0/s1. The highest BCUT2D eigenvalue weighted by molar-refractivity contribution is 6.12. The third kappa shape index (κ3) is 3.85. The van der Waals surface area contributed by atoms with Gasteiger partial charge in [0.1, 0.15) is 0 Å². The maximum Gasteiger partial charge on any atom is 0.247 e. The van der Waals surface area contributed by atoms with Crippen molar-refractivity contribution in [3.8, 4) is 17.6 Å². The van der Waals surface area contributed by atoms with Gasteiger partial charge in [0.2, 0.25) is 5.91 Å². The first-order chi connectivity index (χ1) is 11.5. The number of amides is 1. The smallest absolute Gasteiger partial charge is 0.247 e. The van der Waals surface area contributed by atoms with Crippen LogP contribution in [0.5, 0.6) is 11.5 Å². The predicted molar refractivity (Wildman–Crippen MR) is 88.0 cm³/mol.